The maximum Gasteiger partial charge on any atom is 0.0497 e. The minimum absolute atomic E-state index is 0.718. The van der Waals surface area contributed by atoms with Crippen LogP contribution in [0.2, 0.25) is 0 Å². The smallest absolute Gasteiger partial charge is 0.0497 e. The van der Waals surface area contributed by atoms with Crippen LogP contribution in [0.4, 0.5) is 0 Å². The lowest BCUT2D eigenvalue weighted by molar-refractivity contribution is 0.0395. The fourth-order valence-corrected chi connectivity index (χ4v) is 2.72. The third kappa shape index (κ3) is 4.42. The minimum Gasteiger partial charge on any atom is -0.381 e. The normalized spacial score (nSPS) is 26.2. The Hall–Kier alpha value is -0.0800. The Labute approximate surface area is 101 Å². The molecule has 2 atom stereocenters. The molecule has 1 saturated carbocycles. The second kappa shape index (κ2) is 8.08. The SMILES string of the molecule is CCC(CC)COCC1CCCCC1CN. The molecular weight excluding hydrogens is 198 g/mol. The van der Waals surface area contributed by atoms with Crippen molar-refractivity contribution in [2.75, 3.05) is 19.8 Å². The van der Waals surface area contributed by atoms with E-state index in [-0.39, 0.29) is 0 Å². The van der Waals surface area contributed by atoms with E-state index < -0.39 is 0 Å². The number of hydrogen-bond donors (Lipinski definition) is 1. The summed E-state index contributed by atoms with van der Waals surface area (Å²) < 4.78 is 5.89. The number of ether oxygens (including phenoxy) is 1. The summed E-state index contributed by atoms with van der Waals surface area (Å²) in [6.07, 6.45) is 7.85. The molecule has 2 nitrogen and oxygen atoms in total. The van der Waals surface area contributed by atoms with Gasteiger partial charge in [-0.05, 0) is 37.1 Å². The third-order valence-corrected chi connectivity index (χ3v) is 4.21. The zero-order chi connectivity index (χ0) is 11.8. The molecule has 1 aliphatic carbocycles. The predicted molar refractivity (Wildman–Crippen MR) is 69.4 cm³/mol. The molecule has 0 spiro atoms. The minimum atomic E-state index is 0.718. The summed E-state index contributed by atoms with van der Waals surface area (Å²) in [5, 5.41) is 0. The van der Waals surface area contributed by atoms with Crippen molar-refractivity contribution >= 4 is 0 Å². The number of rotatable bonds is 7. The van der Waals surface area contributed by atoms with Gasteiger partial charge >= 0.3 is 0 Å². The molecule has 0 aromatic rings. The van der Waals surface area contributed by atoms with Crippen LogP contribution < -0.4 is 5.73 Å². The summed E-state index contributed by atoms with van der Waals surface area (Å²) >= 11 is 0. The van der Waals surface area contributed by atoms with Crippen molar-refractivity contribution < 1.29 is 4.74 Å². The largest absolute Gasteiger partial charge is 0.381 e. The van der Waals surface area contributed by atoms with Crippen molar-refractivity contribution in [2.45, 2.75) is 52.4 Å². The Balaban J connectivity index is 2.19. The fourth-order valence-electron chi connectivity index (χ4n) is 2.72. The number of hydrogen-bond acceptors (Lipinski definition) is 2. The summed E-state index contributed by atoms with van der Waals surface area (Å²) in [6, 6.07) is 0. The summed E-state index contributed by atoms with van der Waals surface area (Å²) in [5.41, 5.74) is 5.82. The van der Waals surface area contributed by atoms with Gasteiger partial charge in [-0.25, -0.2) is 0 Å². The molecule has 16 heavy (non-hydrogen) atoms. The van der Waals surface area contributed by atoms with Gasteiger partial charge in [-0.15, -0.1) is 0 Å². The quantitative estimate of drug-likeness (QED) is 0.725. The molecule has 0 heterocycles. The van der Waals surface area contributed by atoms with E-state index in [1.807, 2.05) is 0 Å². The second-order valence-electron chi connectivity index (χ2n) is 5.26. The highest BCUT2D eigenvalue weighted by Crippen LogP contribution is 2.29. The molecule has 1 fully saturated rings. The van der Waals surface area contributed by atoms with E-state index in [0.717, 1.165) is 37.5 Å². The van der Waals surface area contributed by atoms with Gasteiger partial charge in [0.25, 0.3) is 0 Å². The van der Waals surface area contributed by atoms with Crippen LogP contribution in [0.3, 0.4) is 0 Å². The van der Waals surface area contributed by atoms with Crippen LogP contribution >= 0.6 is 0 Å². The van der Waals surface area contributed by atoms with E-state index in [9.17, 15) is 0 Å². The summed E-state index contributed by atoms with van der Waals surface area (Å²) in [7, 11) is 0. The molecule has 0 bridgehead atoms. The van der Waals surface area contributed by atoms with Crippen LogP contribution in [0.1, 0.15) is 52.4 Å². The molecule has 2 heteroatoms. The maximum atomic E-state index is 5.89. The van der Waals surface area contributed by atoms with E-state index in [2.05, 4.69) is 13.8 Å². The first-order valence-electron chi connectivity index (χ1n) is 7.09. The van der Waals surface area contributed by atoms with Crippen LogP contribution in [-0.2, 0) is 4.74 Å². The molecule has 1 rings (SSSR count). The van der Waals surface area contributed by atoms with Crippen molar-refractivity contribution in [2.24, 2.45) is 23.5 Å². The van der Waals surface area contributed by atoms with Gasteiger partial charge in [0.1, 0.15) is 0 Å². The number of nitrogens with two attached hydrogens (primary N) is 1. The third-order valence-electron chi connectivity index (χ3n) is 4.21. The van der Waals surface area contributed by atoms with Gasteiger partial charge in [0.15, 0.2) is 0 Å². The average molecular weight is 227 g/mol. The Kier molecular flexibility index (Phi) is 7.06. The summed E-state index contributed by atoms with van der Waals surface area (Å²) in [6.45, 7) is 7.24. The maximum absolute atomic E-state index is 5.89. The zero-order valence-corrected chi connectivity index (χ0v) is 11.1. The highest BCUT2D eigenvalue weighted by molar-refractivity contribution is 4.75. The Morgan fingerprint density at radius 2 is 1.75 bits per heavy atom. The van der Waals surface area contributed by atoms with Crippen LogP contribution in [0.25, 0.3) is 0 Å². The van der Waals surface area contributed by atoms with Gasteiger partial charge < -0.3 is 10.5 Å². The monoisotopic (exact) mass is 227 g/mol. The average Bonchev–Trinajstić information content (AvgIpc) is 2.35. The lowest BCUT2D eigenvalue weighted by atomic mass is 9.80. The van der Waals surface area contributed by atoms with E-state index in [4.69, 9.17) is 10.5 Å². The van der Waals surface area contributed by atoms with Crippen molar-refractivity contribution in [3.63, 3.8) is 0 Å². The van der Waals surface area contributed by atoms with Crippen molar-refractivity contribution in [3.8, 4) is 0 Å². The molecule has 0 aromatic carbocycles. The molecule has 96 valence electrons. The van der Waals surface area contributed by atoms with Gasteiger partial charge in [0.2, 0.25) is 0 Å². The summed E-state index contributed by atoms with van der Waals surface area (Å²) in [4.78, 5) is 0. The highest BCUT2D eigenvalue weighted by Gasteiger charge is 2.24. The molecule has 0 saturated heterocycles. The van der Waals surface area contributed by atoms with Crippen LogP contribution in [-0.4, -0.2) is 19.8 Å². The Morgan fingerprint density at radius 1 is 1.12 bits per heavy atom. The Bertz CT molecular complexity index is 168. The molecule has 0 aliphatic heterocycles. The lowest BCUT2D eigenvalue weighted by Gasteiger charge is -2.30. The van der Waals surface area contributed by atoms with E-state index in [1.54, 1.807) is 0 Å². The zero-order valence-electron chi connectivity index (χ0n) is 11.1. The van der Waals surface area contributed by atoms with Crippen LogP contribution in [0.5, 0.6) is 0 Å². The first kappa shape index (κ1) is 14.0. The van der Waals surface area contributed by atoms with Gasteiger partial charge in [-0.2, -0.15) is 0 Å². The first-order valence-corrected chi connectivity index (χ1v) is 7.09. The molecule has 2 N–H and O–H groups in total. The molecule has 0 aromatic heterocycles. The van der Waals surface area contributed by atoms with Crippen molar-refractivity contribution in [1.82, 2.24) is 0 Å². The topological polar surface area (TPSA) is 35.2 Å². The Morgan fingerprint density at radius 3 is 2.31 bits per heavy atom. The molecule has 1 aliphatic rings. The fraction of sp³-hybridized carbons (Fsp3) is 1.00. The van der Waals surface area contributed by atoms with Crippen LogP contribution in [0, 0.1) is 17.8 Å². The van der Waals surface area contributed by atoms with Crippen molar-refractivity contribution in [3.05, 3.63) is 0 Å². The van der Waals surface area contributed by atoms with E-state index >= 15 is 0 Å². The lowest BCUT2D eigenvalue weighted by Crippen LogP contribution is -2.30. The highest BCUT2D eigenvalue weighted by atomic mass is 16.5. The van der Waals surface area contributed by atoms with Gasteiger partial charge in [0.05, 0.1) is 0 Å². The van der Waals surface area contributed by atoms with E-state index in [1.165, 1.54) is 38.5 Å². The van der Waals surface area contributed by atoms with E-state index in [0.29, 0.717) is 0 Å². The molecule has 0 radical (unpaired) electrons. The predicted octanol–water partition coefficient (Wildman–Crippen LogP) is 3.20. The molecule has 2 unspecified atom stereocenters. The van der Waals surface area contributed by atoms with Gasteiger partial charge in [-0.1, -0.05) is 39.5 Å². The van der Waals surface area contributed by atoms with Gasteiger partial charge in [0, 0.05) is 13.2 Å². The van der Waals surface area contributed by atoms with Crippen molar-refractivity contribution in [1.29, 1.82) is 0 Å². The second-order valence-corrected chi connectivity index (χ2v) is 5.26. The standard InChI is InChI=1S/C14H29NO/c1-3-12(4-2)10-16-11-14-8-6-5-7-13(14)9-15/h12-14H,3-11,15H2,1-2H3. The van der Waals surface area contributed by atoms with Gasteiger partial charge in [-0.3, -0.25) is 0 Å². The summed E-state index contributed by atoms with van der Waals surface area (Å²) in [5.74, 6) is 2.20. The molecular formula is C14H29NO. The van der Waals surface area contributed by atoms with Crippen LogP contribution in [0.15, 0.2) is 0 Å². The molecule has 0 amide bonds. The first-order chi connectivity index (χ1) is 7.81.